The van der Waals surface area contributed by atoms with Crippen molar-refractivity contribution in [1.29, 1.82) is 0 Å². The van der Waals surface area contributed by atoms with Crippen molar-refractivity contribution < 1.29 is 0 Å². The fourth-order valence-electron chi connectivity index (χ4n) is 4.07. The van der Waals surface area contributed by atoms with E-state index in [1.165, 1.54) is 45.3 Å². The van der Waals surface area contributed by atoms with Crippen molar-refractivity contribution in [2.24, 2.45) is 5.92 Å². The predicted molar refractivity (Wildman–Crippen MR) is 108 cm³/mol. The summed E-state index contributed by atoms with van der Waals surface area (Å²) in [7, 11) is 0. The summed E-state index contributed by atoms with van der Waals surface area (Å²) in [5.74, 6) is 2.69. The largest absolute Gasteiger partial charge is 0.348 e. The van der Waals surface area contributed by atoms with E-state index in [1.807, 2.05) is 30.6 Å². The number of hydrogen-bond donors (Lipinski definition) is 1. The highest BCUT2D eigenvalue weighted by molar-refractivity contribution is 5.64. The Morgan fingerprint density at radius 3 is 2.41 bits per heavy atom. The third-order valence-electron chi connectivity index (χ3n) is 5.91. The molecule has 0 amide bonds. The van der Waals surface area contributed by atoms with Crippen molar-refractivity contribution >= 4 is 0 Å². The second-order valence-electron chi connectivity index (χ2n) is 7.99. The molecule has 3 aromatic rings. The lowest BCUT2D eigenvalue weighted by Crippen LogP contribution is -2.34. The van der Waals surface area contributed by atoms with E-state index in [4.69, 9.17) is 4.98 Å². The average Bonchev–Trinajstić information content (AvgIpc) is 3.41. The van der Waals surface area contributed by atoms with Gasteiger partial charge < -0.3 is 9.88 Å². The van der Waals surface area contributed by atoms with Gasteiger partial charge in [0.1, 0.15) is 5.82 Å². The predicted octanol–water partition coefficient (Wildman–Crippen LogP) is 4.73. The lowest BCUT2D eigenvalue weighted by molar-refractivity contribution is 0.202. The Morgan fingerprint density at radius 2 is 1.70 bits per heavy atom. The molecule has 2 fully saturated rings. The molecule has 5 rings (SSSR count). The van der Waals surface area contributed by atoms with Crippen LogP contribution in [0, 0.1) is 5.92 Å². The fraction of sp³-hybridized carbons (Fsp3) is 0.391. The summed E-state index contributed by atoms with van der Waals surface area (Å²) < 4.78 is 0. The molecule has 1 aliphatic heterocycles. The zero-order valence-corrected chi connectivity index (χ0v) is 15.6. The molecule has 4 heteroatoms. The monoisotopic (exact) mass is 358 g/mol. The molecule has 1 saturated carbocycles. The molecule has 0 bridgehead atoms. The highest BCUT2D eigenvalue weighted by Gasteiger charge is 2.28. The van der Waals surface area contributed by atoms with E-state index in [9.17, 15) is 0 Å². The number of H-pyrrole nitrogens is 1. The van der Waals surface area contributed by atoms with Gasteiger partial charge in [-0.05, 0) is 56.8 Å². The third-order valence-corrected chi connectivity index (χ3v) is 5.91. The Morgan fingerprint density at radius 1 is 0.889 bits per heavy atom. The molecule has 1 saturated heterocycles. The van der Waals surface area contributed by atoms with Gasteiger partial charge in [0, 0.05) is 36.0 Å². The highest BCUT2D eigenvalue weighted by atomic mass is 15.1. The Kier molecular flexibility index (Phi) is 4.50. The highest BCUT2D eigenvalue weighted by Crippen LogP contribution is 2.33. The molecule has 0 atom stereocenters. The molecule has 1 N–H and O–H groups in total. The number of pyridine rings is 1. The van der Waals surface area contributed by atoms with Crippen LogP contribution in [0.2, 0.25) is 0 Å². The Labute approximate surface area is 160 Å². The van der Waals surface area contributed by atoms with Gasteiger partial charge in [-0.15, -0.1) is 0 Å². The summed E-state index contributed by atoms with van der Waals surface area (Å²) in [5.41, 5.74) is 4.21. The summed E-state index contributed by atoms with van der Waals surface area (Å²) >= 11 is 0. The molecule has 2 aliphatic rings. The molecular formula is C23H26N4. The van der Waals surface area contributed by atoms with Crippen molar-refractivity contribution in [2.75, 3.05) is 19.6 Å². The van der Waals surface area contributed by atoms with Gasteiger partial charge in [-0.3, -0.25) is 4.98 Å². The molecule has 0 spiro atoms. The smallest absolute Gasteiger partial charge is 0.110 e. The van der Waals surface area contributed by atoms with Gasteiger partial charge in [-0.1, -0.05) is 30.3 Å². The van der Waals surface area contributed by atoms with Crippen LogP contribution in [0.1, 0.15) is 37.4 Å². The lowest BCUT2D eigenvalue weighted by atomic mass is 9.96. The molecule has 2 aromatic heterocycles. The van der Waals surface area contributed by atoms with Crippen molar-refractivity contribution in [1.82, 2.24) is 19.9 Å². The van der Waals surface area contributed by atoms with E-state index in [-0.39, 0.29) is 0 Å². The van der Waals surface area contributed by atoms with E-state index >= 15 is 0 Å². The number of imidazole rings is 1. The number of aromatic amines is 1. The molecule has 0 unspecified atom stereocenters. The normalized spacial score (nSPS) is 18.7. The van der Waals surface area contributed by atoms with E-state index in [2.05, 4.69) is 39.1 Å². The van der Waals surface area contributed by atoms with Crippen LogP contribution in [0.25, 0.3) is 22.5 Å². The minimum Gasteiger partial charge on any atom is -0.348 e. The first-order valence-corrected chi connectivity index (χ1v) is 10.1. The van der Waals surface area contributed by atoms with Crippen molar-refractivity contribution in [3.63, 3.8) is 0 Å². The van der Waals surface area contributed by atoms with E-state index in [0.717, 1.165) is 34.3 Å². The summed E-state index contributed by atoms with van der Waals surface area (Å²) in [6.45, 7) is 3.74. The Bertz CT molecular complexity index is 872. The van der Waals surface area contributed by atoms with Gasteiger partial charge in [0.25, 0.3) is 0 Å². The first kappa shape index (κ1) is 16.7. The lowest BCUT2D eigenvalue weighted by Gasteiger charge is -2.31. The SMILES string of the molecule is c1ccc(-c2ccc(-c3c[nH]c(C4CCN(CC5CC5)CC4)n3)cn2)cc1. The van der Waals surface area contributed by atoms with Gasteiger partial charge >= 0.3 is 0 Å². The minimum atomic E-state index is 0.561. The second-order valence-corrected chi connectivity index (χ2v) is 7.99. The summed E-state index contributed by atoms with van der Waals surface area (Å²) in [5, 5.41) is 0. The average molecular weight is 358 g/mol. The number of likely N-dealkylation sites (tertiary alicyclic amines) is 1. The number of piperidine rings is 1. The van der Waals surface area contributed by atoms with Gasteiger partial charge in [0.15, 0.2) is 0 Å². The first-order chi connectivity index (χ1) is 13.3. The molecule has 3 heterocycles. The van der Waals surface area contributed by atoms with Crippen LogP contribution >= 0.6 is 0 Å². The Hall–Kier alpha value is -2.46. The van der Waals surface area contributed by atoms with Crippen LogP contribution in [-0.4, -0.2) is 39.5 Å². The number of nitrogens with one attached hydrogen (secondary N) is 1. The maximum absolute atomic E-state index is 4.89. The maximum atomic E-state index is 4.89. The van der Waals surface area contributed by atoms with Crippen LogP contribution in [0.4, 0.5) is 0 Å². The third kappa shape index (κ3) is 3.81. The van der Waals surface area contributed by atoms with Crippen LogP contribution in [0.15, 0.2) is 54.9 Å². The number of benzene rings is 1. The molecule has 27 heavy (non-hydrogen) atoms. The Balaban J connectivity index is 1.25. The minimum absolute atomic E-state index is 0.561. The first-order valence-electron chi connectivity index (χ1n) is 10.1. The van der Waals surface area contributed by atoms with Crippen LogP contribution in [0.5, 0.6) is 0 Å². The molecular weight excluding hydrogens is 332 g/mol. The zero-order chi connectivity index (χ0) is 18.1. The topological polar surface area (TPSA) is 44.8 Å². The number of nitrogens with zero attached hydrogens (tertiary/aromatic N) is 3. The maximum Gasteiger partial charge on any atom is 0.110 e. The van der Waals surface area contributed by atoms with Gasteiger partial charge in [0.05, 0.1) is 11.4 Å². The standard InChI is InChI=1S/C23H26N4/c1-2-4-18(5-3-1)21-9-8-20(14-24-21)22-15-25-23(26-22)19-10-12-27(13-11-19)16-17-6-7-17/h1-5,8-9,14-15,17,19H,6-7,10-13,16H2,(H,25,26). The van der Waals surface area contributed by atoms with Crippen molar-refractivity contribution in [3.8, 4) is 22.5 Å². The number of aromatic nitrogens is 3. The van der Waals surface area contributed by atoms with E-state index in [1.54, 1.807) is 0 Å². The molecule has 0 radical (unpaired) electrons. The molecule has 1 aliphatic carbocycles. The van der Waals surface area contributed by atoms with Crippen molar-refractivity contribution in [2.45, 2.75) is 31.6 Å². The van der Waals surface area contributed by atoms with Crippen LogP contribution in [-0.2, 0) is 0 Å². The summed E-state index contributed by atoms with van der Waals surface area (Å²) in [4.78, 5) is 15.6. The quantitative estimate of drug-likeness (QED) is 0.717. The fourth-order valence-corrected chi connectivity index (χ4v) is 4.07. The number of rotatable bonds is 5. The van der Waals surface area contributed by atoms with E-state index < -0.39 is 0 Å². The zero-order valence-electron chi connectivity index (χ0n) is 15.6. The molecule has 4 nitrogen and oxygen atoms in total. The summed E-state index contributed by atoms with van der Waals surface area (Å²) in [6, 6.07) is 14.5. The molecule has 1 aromatic carbocycles. The number of hydrogen-bond acceptors (Lipinski definition) is 3. The summed E-state index contributed by atoms with van der Waals surface area (Å²) in [6.07, 6.45) is 9.28. The van der Waals surface area contributed by atoms with Gasteiger partial charge in [0.2, 0.25) is 0 Å². The van der Waals surface area contributed by atoms with Gasteiger partial charge in [-0.2, -0.15) is 0 Å². The van der Waals surface area contributed by atoms with Gasteiger partial charge in [-0.25, -0.2) is 4.98 Å². The van der Waals surface area contributed by atoms with E-state index in [0.29, 0.717) is 5.92 Å². The van der Waals surface area contributed by atoms with Crippen molar-refractivity contribution in [3.05, 3.63) is 60.7 Å². The van der Waals surface area contributed by atoms with Crippen LogP contribution in [0.3, 0.4) is 0 Å². The van der Waals surface area contributed by atoms with Crippen LogP contribution < -0.4 is 0 Å². The second kappa shape index (κ2) is 7.28. The molecule has 138 valence electrons.